The van der Waals surface area contributed by atoms with Gasteiger partial charge >= 0.3 is 0 Å². The summed E-state index contributed by atoms with van der Waals surface area (Å²) in [4.78, 5) is 11.9. The van der Waals surface area contributed by atoms with E-state index >= 15 is 0 Å². The number of hydrogen-bond acceptors (Lipinski definition) is 3. The Bertz CT molecular complexity index is 469. The van der Waals surface area contributed by atoms with Crippen molar-refractivity contribution in [1.29, 1.82) is 5.26 Å². The van der Waals surface area contributed by atoms with Gasteiger partial charge in [-0.25, -0.2) is 0 Å². The van der Waals surface area contributed by atoms with Crippen LogP contribution in [0, 0.1) is 18.3 Å². The van der Waals surface area contributed by atoms with Crippen LogP contribution in [0.4, 0.5) is 0 Å². The zero-order valence-electron chi connectivity index (χ0n) is 9.99. The third-order valence-electron chi connectivity index (χ3n) is 3.23. The number of nitrogens with one attached hydrogen (secondary N) is 1. The fourth-order valence-corrected chi connectivity index (χ4v) is 1.91. The van der Waals surface area contributed by atoms with E-state index < -0.39 is 0 Å². The van der Waals surface area contributed by atoms with E-state index in [4.69, 9.17) is 5.26 Å². The van der Waals surface area contributed by atoms with Crippen LogP contribution in [-0.4, -0.2) is 17.9 Å². The van der Waals surface area contributed by atoms with E-state index in [1.54, 1.807) is 0 Å². The first-order chi connectivity index (χ1) is 8.15. The second-order valence-electron chi connectivity index (χ2n) is 4.76. The molecule has 1 aromatic carbocycles. The van der Waals surface area contributed by atoms with E-state index in [2.05, 4.69) is 11.4 Å². The molecule has 3 heteroatoms. The van der Waals surface area contributed by atoms with Gasteiger partial charge in [0.15, 0.2) is 5.78 Å². The maximum absolute atomic E-state index is 11.9. The lowest BCUT2D eigenvalue weighted by molar-refractivity contribution is 0.0985. The average molecular weight is 228 g/mol. The molecule has 1 saturated carbocycles. The van der Waals surface area contributed by atoms with Gasteiger partial charge in [-0.3, -0.25) is 4.79 Å². The van der Waals surface area contributed by atoms with Crippen LogP contribution >= 0.6 is 0 Å². The molecule has 0 saturated heterocycles. The Hall–Kier alpha value is -1.66. The number of carbonyl (C=O) groups is 1. The molecule has 1 aliphatic rings. The average Bonchev–Trinajstić information content (AvgIpc) is 3.07. The van der Waals surface area contributed by atoms with Crippen molar-refractivity contribution in [2.75, 3.05) is 6.54 Å². The topological polar surface area (TPSA) is 52.9 Å². The molecular weight excluding hydrogens is 212 g/mol. The summed E-state index contributed by atoms with van der Waals surface area (Å²) < 4.78 is 0. The van der Waals surface area contributed by atoms with Crippen molar-refractivity contribution in [2.45, 2.75) is 31.7 Å². The second-order valence-corrected chi connectivity index (χ2v) is 4.76. The van der Waals surface area contributed by atoms with Crippen molar-refractivity contribution in [3.8, 4) is 6.07 Å². The summed E-state index contributed by atoms with van der Waals surface area (Å²) >= 11 is 0. The predicted molar refractivity (Wildman–Crippen MR) is 65.7 cm³/mol. The highest BCUT2D eigenvalue weighted by atomic mass is 16.1. The van der Waals surface area contributed by atoms with Gasteiger partial charge in [0.25, 0.3) is 0 Å². The lowest BCUT2D eigenvalue weighted by atomic mass is 10.1. The first-order valence-corrected chi connectivity index (χ1v) is 5.87. The highest BCUT2D eigenvalue weighted by molar-refractivity contribution is 5.97. The normalized spacial score (nSPS) is 16.2. The fraction of sp³-hybridized carbons (Fsp3) is 0.429. The zero-order chi connectivity index (χ0) is 12.3. The summed E-state index contributed by atoms with van der Waals surface area (Å²) in [6.45, 7) is 2.30. The number of benzene rings is 1. The van der Waals surface area contributed by atoms with E-state index in [1.165, 1.54) is 0 Å². The molecule has 0 amide bonds. The minimum Gasteiger partial charge on any atom is -0.303 e. The van der Waals surface area contributed by atoms with Crippen molar-refractivity contribution < 1.29 is 4.79 Å². The minimum absolute atomic E-state index is 0.0752. The van der Waals surface area contributed by atoms with E-state index in [0.717, 1.165) is 24.0 Å². The molecule has 0 atom stereocenters. The summed E-state index contributed by atoms with van der Waals surface area (Å²) in [5.74, 6) is 0.0953. The van der Waals surface area contributed by atoms with Gasteiger partial charge in [-0.05, 0) is 25.8 Å². The molecule has 0 heterocycles. The number of aryl methyl sites for hydroxylation is 1. The molecule has 0 spiro atoms. The van der Waals surface area contributed by atoms with Crippen LogP contribution in [0.2, 0.25) is 0 Å². The Morgan fingerprint density at radius 2 is 2.29 bits per heavy atom. The molecule has 0 aromatic heterocycles. The van der Waals surface area contributed by atoms with Crippen molar-refractivity contribution in [3.63, 3.8) is 0 Å². The fourth-order valence-electron chi connectivity index (χ4n) is 1.91. The molecule has 0 radical (unpaired) electrons. The van der Waals surface area contributed by atoms with Crippen LogP contribution in [-0.2, 0) is 0 Å². The van der Waals surface area contributed by atoms with Crippen molar-refractivity contribution in [1.82, 2.24) is 5.32 Å². The van der Waals surface area contributed by atoms with E-state index in [-0.39, 0.29) is 11.3 Å². The van der Waals surface area contributed by atoms with Crippen LogP contribution in [0.3, 0.4) is 0 Å². The van der Waals surface area contributed by atoms with Gasteiger partial charge in [-0.15, -0.1) is 0 Å². The molecule has 1 fully saturated rings. The van der Waals surface area contributed by atoms with Crippen LogP contribution in [0.25, 0.3) is 0 Å². The number of rotatable bonds is 5. The molecule has 3 nitrogen and oxygen atoms in total. The third-order valence-corrected chi connectivity index (χ3v) is 3.23. The second kappa shape index (κ2) is 4.68. The molecule has 88 valence electrons. The maximum atomic E-state index is 11.9. The Morgan fingerprint density at radius 1 is 1.53 bits per heavy atom. The molecule has 0 aliphatic heterocycles. The third kappa shape index (κ3) is 2.92. The van der Waals surface area contributed by atoms with Crippen LogP contribution in [0.1, 0.15) is 35.2 Å². The molecule has 1 aliphatic carbocycles. The lowest BCUT2D eigenvalue weighted by Gasteiger charge is -2.12. The van der Waals surface area contributed by atoms with Gasteiger partial charge in [0.2, 0.25) is 0 Å². The van der Waals surface area contributed by atoms with Crippen LogP contribution in [0.15, 0.2) is 24.3 Å². The SMILES string of the molecule is Cc1cccc(C(=O)CNC2(CC#N)CC2)c1. The number of nitriles is 1. The molecular formula is C14H16N2O. The van der Waals surface area contributed by atoms with Crippen LogP contribution in [0.5, 0.6) is 0 Å². The lowest BCUT2D eigenvalue weighted by Crippen LogP contribution is -2.35. The molecule has 1 aromatic rings. The predicted octanol–water partition coefficient (Wildman–Crippen LogP) is 2.21. The van der Waals surface area contributed by atoms with Gasteiger partial charge in [-0.2, -0.15) is 5.26 Å². The van der Waals surface area contributed by atoms with E-state index in [0.29, 0.717) is 13.0 Å². The summed E-state index contributed by atoms with van der Waals surface area (Å²) in [6, 6.07) is 9.77. The van der Waals surface area contributed by atoms with Crippen molar-refractivity contribution >= 4 is 5.78 Å². The van der Waals surface area contributed by atoms with Gasteiger partial charge in [0.1, 0.15) is 0 Å². The first-order valence-electron chi connectivity index (χ1n) is 5.87. The summed E-state index contributed by atoms with van der Waals surface area (Å²) in [5, 5.41) is 11.9. The monoisotopic (exact) mass is 228 g/mol. The van der Waals surface area contributed by atoms with Gasteiger partial charge < -0.3 is 5.32 Å². The Labute approximate surface area is 101 Å². The highest BCUT2D eigenvalue weighted by Gasteiger charge is 2.42. The zero-order valence-corrected chi connectivity index (χ0v) is 9.99. The molecule has 0 bridgehead atoms. The van der Waals surface area contributed by atoms with E-state index in [9.17, 15) is 4.79 Å². The quantitative estimate of drug-likeness (QED) is 0.786. The van der Waals surface area contributed by atoms with Crippen LogP contribution < -0.4 is 5.32 Å². The van der Waals surface area contributed by atoms with Crippen molar-refractivity contribution in [3.05, 3.63) is 35.4 Å². The number of carbonyl (C=O) groups excluding carboxylic acids is 1. The Morgan fingerprint density at radius 3 is 2.88 bits per heavy atom. The largest absolute Gasteiger partial charge is 0.303 e. The number of Topliss-reactive ketones (excluding diaryl/α,β-unsaturated/α-hetero) is 1. The Kier molecular flexibility index (Phi) is 3.26. The van der Waals surface area contributed by atoms with Crippen molar-refractivity contribution in [2.24, 2.45) is 0 Å². The standard InChI is InChI=1S/C14H16N2O/c1-11-3-2-4-12(9-11)13(17)10-16-14(5-6-14)7-8-15/h2-4,9,16H,5-7,10H2,1H3. The maximum Gasteiger partial charge on any atom is 0.176 e. The Balaban J connectivity index is 1.92. The summed E-state index contributed by atoms with van der Waals surface area (Å²) in [6.07, 6.45) is 2.50. The summed E-state index contributed by atoms with van der Waals surface area (Å²) in [7, 11) is 0. The minimum atomic E-state index is -0.0752. The number of hydrogen-bond donors (Lipinski definition) is 1. The van der Waals surface area contributed by atoms with E-state index in [1.807, 2.05) is 31.2 Å². The molecule has 2 rings (SSSR count). The smallest absolute Gasteiger partial charge is 0.176 e. The molecule has 0 unspecified atom stereocenters. The number of ketones is 1. The summed E-state index contributed by atoms with van der Waals surface area (Å²) in [5.41, 5.74) is 1.76. The highest BCUT2D eigenvalue weighted by Crippen LogP contribution is 2.38. The molecule has 17 heavy (non-hydrogen) atoms. The molecule has 1 N–H and O–H groups in total. The van der Waals surface area contributed by atoms with Gasteiger partial charge in [0.05, 0.1) is 19.0 Å². The first kappa shape index (κ1) is 11.8. The van der Waals surface area contributed by atoms with Gasteiger partial charge in [0, 0.05) is 11.1 Å². The van der Waals surface area contributed by atoms with Gasteiger partial charge in [-0.1, -0.05) is 23.8 Å². The number of nitrogens with zero attached hydrogens (tertiary/aromatic N) is 1.